The molecule has 0 radical (unpaired) electrons. The largest absolute Gasteiger partial charge is 0.433 e. The summed E-state index contributed by atoms with van der Waals surface area (Å²) in [6, 6.07) is 6.22. The van der Waals surface area contributed by atoms with Crippen LogP contribution in [0.25, 0.3) is 5.69 Å². The highest BCUT2D eigenvalue weighted by molar-refractivity contribution is 6.32. The molecule has 0 saturated heterocycles. The standard InChI is InChI=1S/C12H11ClF3N3/c1-7-8(6-17)11(12(14,15)16)19(18-7)10-5-3-2-4-9(10)13/h2-5H,6,17H2,1H3. The maximum Gasteiger partial charge on any atom is 0.433 e. The minimum absolute atomic E-state index is 0.0209. The molecule has 2 rings (SSSR count). The summed E-state index contributed by atoms with van der Waals surface area (Å²) < 4.78 is 40.3. The molecule has 2 N–H and O–H groups in total. The van der Waals surface area contributed by atoms with Gasteiger partial charge in [-0.25, -0.2) is 4.68 Å². The zero-order valence-electron chi connectivity index (χ0n) is 10.0. The van der Waals surface area contributed by atoms with E-state index < -0.39 is 11.9 Å². The molecule has 102 valence electrons. The molecule has 0 unspecified atom stereocenters. The molecule has 0 aliphatic carbocycles. The number of aromatic nitrogens is 2. The van der Waals surface area contributed by atoms with Crippen molar-refractivity contribution in [3.63, 3.8) is 0 Å². The molecule has 0 atom stereocenters. The molecule has 0 bridgehead atoms. The van der Waals surface area contributed by atoms with Gasteiger partial charge < -0.3 is 5.73 Å². The Morgan fingerprint density at radius 3 is 2.47 bits per heavy atom. The van der Waals surface area contributed by atoms with E-state index in [4.69, 9.17) is 17.3 Å². The van der Waals surface area contributed by atoms with Gasteiger partial charge in [-0.1, -0.05) is 23.7 Å². The number of nitrogens with zero attached hydrogens (tertiary/aromatic N) is 2. The highest BCUT2D eigenvalue weighted by atomic mass is 35.5. The Kier molecular flexibility index (Phi) is 3.56. The van der Waals surface area contributed by atoms with E-state index >= 15 is 0 Å². The molecular formula is C12H11ClF3N3. The second-order valence-corrected chi connectivity index (χ2v) is 4.38. The van der Waals surface area contributed by atoms with Crippen LogP contribution in [-0.4, -0.2) is 9.78 Å². The summed E-state index contributed by atoms with van der Waals surface area (Å²) in [5, 5.41) is 4.10. The van der Waals surface area contributed by atoms with Crippen molar-refractivity contribution < 1.29 is 13.2 Å². The van der Waals surface area contributed by atoms with E-state index in [0.29, 0.717) is 0 Å². The molecule has 7 heteroatoms. The van der Waals surface area contributed by atoms with Gasteiger partial charge in [0.1, 0.15) is 0 Å². The Balaban J connectivity index is 2.75. The Morgan fingerprint density at radius 1 is 1.32 bits per heavy atom. The number of alkyl halides is 3. The fraction of sp³-hybridized carbons (Fsp3) is 0.250. The number of hydrogen-bond donors (Lipinski definition) is 1. The second-order valence-electron chi connectivity index (χ2n) is 3.98. The molecule has 3 nitrogen and oxygen atoms in total. The number of benzene rings is 1. The minimum Gasteiger partial charge on any atom is -0.326 e. The van der Waals surface area contributed by atoms with E-state index in [2.05, 4.69) is 5.10 Å². The zero-order valence-corrected chi connectivity index (χ0v) is 10.8. The lowest BCUT2D eigenvalue weighted by molar-refractivity contribution is -0.143. The van der Waals surface area contributed by atoms with E-state index in [1.54, 1.807) is 12.1 Å². The quantitative estimate of drug-likeness (QED) is 0.922. The fourth-order valence-electron chi connectivity index (χ4n) is 1.89. The van der Waals surface area contributed by atoms with E-state index in [-0.39, 0.29) is 28.5 Å². The van der Waals surface area contributed by atoms with Crippen LogP contribution in [0, 0.1) is 6.92 Å². The maximum absolute atomic E-state index is 13.2. The van der Waals surface area contributed by atoms with Gasteiger partial charge in [0.25, 0.3) is 0 Å². The van der Waals surface area contributed by atoms with Gasteiger partial charge in [-0.15, -0.1) is 0 Å². The Bertz CT molecular complexity index is 605. The lowest BCUT2D eigenvalue weighted by atomic mass is 10.2. The molecule has 0 aliphatic rings. The average Bonchev–Trinajstić information content (AvgIpc) is 2.66. The highest BCUT2D eigenvalue weighted by Crippen LogP contribution is 2.36. The number of nitrogens with two attached hydrogens (primary N) is 1. The predicted molar refractivity (Wildman–Crippen MR) is 66.2 cm³/mol. The first-order valence-electron chi connectivity index (χ1n) is 5.47. The van der Waals surface area contributed by atoms with Crippen molar-refractivity contribution >= 4 is 11.6 Å². The summed E-state index contributed by atoms with van der Waals surface area (Å²) in [6.45, 7) is 1.26. The first kappa shape index (κ1) is 13.9. The van der Waals surface area contributed by atoms with Gasteiger partial charge in [0.15, 0.2) is 5.69 Å². The van der Waals surface area contributed by atoms with E-state index in [9.17, 15) is 13.2 Å². The average molecular weight is 290 g/mol. The van der Waals surface area contributed by atoms with Crippen LogP contribution in [0.1, 0.15) is 17.0 Å². The Morgan fingerprint density at radius 2 is 1.95 bits per heavy atom. The molecule has 0 saturated carbocycles. The summed E-state index contributed by atoms with van der Waals surface area (Å²) in [5.74, 6) is 0. The lowest BCUT2D eigenvalue weighted by Crippen LogP contribution is -2.17. The Labute approximate surface area is 112 Å². The van der Waals surface area contributed by atoms with Gasteiger partial charge in [0.05, 0.1) is 16.4 Å². The monoisotopic (exact) mass is 289 g/mol. The van der Waals surface area contributed by atoms with Crippen LogP contribution in [0.4, 0.5) is 13.2 Å². The highest BCUT2D eigenvalue weighted by Gasteiger charge is 2.39. The number of rotatable bonds is 2. The molecule has 0 amide bonds. The molecule has 2 aromatic rings. The van der Waals surface area contributed by atoms with Crippen molar-refractivity contribution in [2.75, 3.05) is 0 Å². The summed E-state index contributed by atoms with van der Waals surface area (Å²) in [6.07, 6.45) is -4.55. The number of aryl methyl sites for hydroxylation is 1. The Hall–Kier alpha value is -1.53. The molecule has 1 aromatic carbocycles. The van der Waals surface area contributed by atoms with Gasteiger partial charge in [0.2, 0.25) is 0 Å². The predicted octanol–water partition coefficient (Wildman–Crippen LogP) is 3.31. The van der Waals surface area contributed by atoms with Gasteiger partial charge in [-0.3, -0.25) is 0 Å². The smallest absolute Gasteiger partial charge is 0.326 e. The van der Waals surface area contributed by atoms with Gasteiger partial charge in [-0.05, 0) is 19.1 Å². The van der Waals surface area contributed by atoms with Crippen molar-refractivity contribution in [1.82, 2.24) is 9.78 Å². The third-order valence-corrected chi connectivity index (χ3v) is 3.06. The molecule has 1 heterocycles. The minimum atomic E-state index is -4.55. The first-order chi connectivity index (χ1) is 8.86. The molecule has 19 heavy (non-hydrogen) atoms. The van der Waals surface area contributed by atoms with Crippen LogP contribution in [0.15, 0.2) is 24.3 Å². The first-order valence-corrected chi connectivity index (χ1v) is 5.84. The second kappa shape index (κ2) is 4.86. The fourth-order valence-corrected chi connectivity index (χ4v) is 2.11. The molecule has 1 aromatic heterocycles. The van der Waals surface area contributed by atoms with E-state index in [0.717, 1.165) is 4.68 Å². The normalized spacial score (nSPS) is 11.9. The maximum atomic E-state index is 13.2. The van der Waals surface area contributed by atoms with Crippen molar-refractivity contribution in [1.29, 1.82) is 0 Å². The van der Waals surface area contributed by atoms with Gasteiger partial charge in [-0.2, -0.15) is 18.3 Å². The summed E-state index contributed by atoms with van der Waals surface area (Å²) in [7, 11) is 0. The molecule has 0 spiro atoms. The van der Waals surface area contributed by atoms with Crippen LogP contribution < -0.4 is 5.73 Å². The van der Waals surface area contributed by atoms with Gasteiger partial charge in [0, 0.05) is 12.1 Å². The van der Waals surface area contributed by atoms with Crippen LogP contribution in [0.2, 0.25) is 5.02 Å². The van der Waals surface area contributed by atoms with Gasteiger partial charge >= 0.3 is 6.18 Å². The van der Waals surface area contributed by atoms with Crippen LogP contribution in [0.3, 0.4) is 0 Å². The molecular weight excluding hydrogens is 279 g/mol. The zero-order chi connectivity index (χ0) is 14.2. The van der Waals surface area contributed by atoms with Crippen molar-refractivity contribution in [2.24, 2.45) is 5.73 Å². The van der Waals surface area contributed by atoms with Crippen LogP contribution >= 0.6 is 11.6 Å². The van der Waals surface area contributed by atoms with Crippen molar-refractivity contribution in [2.45, 2.75) is 19.6 Å². The number of hydrogen-bond acceptors (Lipinski definition) is 2. The van der Waals surface area contributed by atoms with E-state index in [1.807, 2.05) is 0 Å². The lowest BCUT2D eigenvalue weighted by Gasteiger charge is -2.13. The number of halogens is 4. The summed E-state index contributed by atoms with van der Waals surface area (Å²) in [4.78, 5) is 0. The van der Waals surface area contributed by atoms with Crippen LogP contribution in [-0.2, 0) is 12.7 Å². The summed E-state index contributed by atoms with van der Waals surface area (Å²) >= 11 is 5.93. The summed E-state index contributed by atoms with van der Waals surface area (Å²) in [5.41, 5.74) is 4.92. The topological polar surface area (TPSA) is 43.8 Å². The van der Waals surface area contributed by atoms with E-state index in [1.165, 1.54) is 19.1 Å². The third kappa shape index (κ3) is 2.46. The number of para-hydroxylation sites is 1. The third-order valence-electron chi connectivity index (χ3n) is 2.74. The van der Waals surface area contributed by atoms with Crippen LogP contribution in [0.5, 0.6) is 0 Å². The van der Waals surface area contributed by atoms with Crippen molar-refractivity contribution in [3.05, 3.63) is 46.2 Å². The van der Waals surface area contributed by atoms with Crippen molar-refractivity contribution in [3.8, 4) is 5.69 Å². The molecule has 0 aliphatic heterocycles. The SMILES string of the molecule is Cc1nn(-c2ccccc2Cl)c(C(F)(F)F)c1CN. The molecule has 0 fully saturated rings.